The maximum atomic E-state index is 6.47. The highest BCUT2D eigenvalue weighted by atomic mass is 16.3. The number of fused-ring (bicyclic) bond motifs is 3. The SMILES string of the molecule is c1ccc(-c2cc(-c3ccccc3)cc(-c3cccc(-c4ccc5oc6cccc(-c7nc(-c8ccccc8)nc(-c8ccccc8)n7)c6c5c4)c3)c2)cc1. The first-order valence-electron chi connectivity index (χ1n) is 18.4. The summed E-state index contributed by atoms with van der Waals surface area (Å²) in [6.45, 7) is 0. The van der Waals surface area contributed by atoms with Gasteiger partial charge in [0.05, 0.1) is 0 Å². The number of furan rings is 1. The van der Waals surface area contributed by atoms with Gasteiger partial charge in [-0.1, -0.05) is 158 Å². The summed E-state index contributed by atoms with van der Waals surface area (Å²) in [6, 6.07) is 69.5. The predicted octanol–water partition coefficient (Wildman–Crippen LogP) is 13.4. The number of hydrogen-bond acceptors (Lipinski definition) is 4. The Kier molecular flexibility index (Phi) is 8.12. The molecular weight excluding hydrogens is 671 g/mol. The second-order valence-corrected chi connectivity index (χ2v) is 13.6. The fourth-order valence-electron chi connectivity index (χ4n) is 7.39. The van der Waals surface area contributed by atoms with Crippen LogP contribution in [0, 0.1) is 0 Å². The molecule has 0 N–H and O–H groups in total. The number of benzene rings is 8. The third-order valence-electron chi connectivity index (χ3n) is 10.1. The summed E-state index contributed by atoms with van der Waals surface area (Å²) >= 11 is 0. The molecule has 258 valence electrons. The van der Waals surface area contributed by atoms with Crippen LogP contribution >= 0.6 is 0 Å². The van der Waals surface area contributed by atoms with Gasteiger partial charge >= 0.3 is 0 Å². The van der Waals surface area contributed by atoms with Gasteiger partial charge in [0.15, 0.2) is 17.5 Å². The Morgan fingerprint density at radius 2 is 0.691 bits per heavy atom. The molecule has 0 aliphatic carbocycles. The topological polar surface area (TPSA) is 51.8 Å². The van der Waals surface area contributed by atoms with E-state index in [2.05, 4.69) is 127 Å². The molecule has 10 aromatic rings. The van der Waals surface area contributed by atoms with Crippen molar-refractivity contribution in [1.82, 2.24) is 15.0 Å². The van der Waals surface area contributed by atoms with Crippen molar-refractivity contribution < 1.29 is 4.42 Å². The Balaban J connectivity index is 1.10. The zero-order valence-electron chi connectivity index (χ0n) is 29.8. The first-order valence-corrected chi connectivity index (χ1v) is 18.4. The summed E-state index contributed by atoms with van der Waals surface area (Å²) in [5.41, 5.74) is 13.6. The standard InChI is InChI=1S/C51H33N3O/c1-5-15-34(16-6-1)41-30-42(35-17-7-2-8-18-35)32-43(31-41)39-24-13-23-38(29-39)40-27-28-46-45(33-40)48-44(25-14-26-47(48)55-46)51-53-49(36-19-9-3-10-20-36)52-50(54-51)37-21-11-4-12-22-37/h1-33H. The fraction of sp³-hybridized carbons (Fsp3) is 0. The van der Waals surface area contributed by atoms with E-state index in [-0.39, 0.29) is 0 Å². The van der Waals surface area contributed by atoms with E-state index in [1.54, 1.807) is 0 Å². The zero-order chi connectivity index (χ0) is 36.6. The molecule has 8 aromatic carbocycles. The first-order chi connectivity index (χ1) is 27.2. The van der Waals surface area contributed by atoms with Crippen LogP contribution in [0.4, 0.5) is 0 Å². The maximum absolute atomic E-state index is 6.47. The number of rotatable bonds is 7. The summed E-state index contributed by atoms with van der Waals surface area (Å²) in [4.78, 5) is 15.0. The monoisotopic (exact) mass is 703 g/mol. The van der Waals surface area contributed by atoms with Gasteiger partial charge < -0.3 is 4.42 Å². The Hall–Kier alpha value is -7.43. The smallest absolute Gasteiger partial charge is 0.164 e. The van der Waals surface area contributed by atoms with E-state index < -0.39 is 0 Å². The molecule has 0 radical (unpaired) electrons. The molecule has 0 saturated carbocycles. The highest BCUT2D eigenvalue weighted by Gasteiger charge is 2.18. The molecule has 0 fully saturated rings. The molecule has 0 unspecified atom stereocenters. The maximum Gasteiger partial charge on any atom is 0.164 e. The van der Waals surface area contributed by atoms with Crippen LogP contribution < -0.4 is 0 Å². The molecule has 4 nitrogen and oxygen atoms in total. The first kappa shape index (κ1) is 32.2. The average Bonchev–Trinajstić information content (AvgIpc) is 3.66. The lowest BCUT2D eigenvalue weighted by Crippen LogP contribution is -2.00. The van der Waals surface area contributed by atoms with E-state index in [0.717, 1.165) is 60.9 Å². The van der Waals surface area contributed by atoms with Crippen molar-refractivity contribution in [2.24, 2.45) is 0 Å². The van der Waals surface area contributed by atoms with Crippen molar-refractivity contribution in [2.75, 3.05) is 0 Å². The summed E-state index contributed by atoms with van der Waals surface area (Å²) in [5, 5.41) is 1.98. The predicted molar refractivity (Wildman–Crippen MR) is 225 cm³/mol. The minimum Gasteiger partial charge on any atom is -0.456 e. The largest absolute Gasteiger partial charge is 0.456 e. The van der Waals surface area contributed by atoms with Crippen LogP contribution in [0.3, 0.4) is 0 Å². The van der Waals surface area contributed by atoms with Gasteiger partial charge in [0.1, 0.15) is 11.2 Å². The highest BCUT2D eigenvalue weighted by Crippen LogP contribution is 2.40. The van der Waals surface area contributed by atoms with E-state index in [1.165, 1.54) is 22.3 Å². The normalized spacial score (nSPS) is 11.3. The second-order valence-electron chi connectivity index (χ2n) is 13.6. The van der Waals surface area contributed by atoms with Gasteiger partial charge in [-0.2, -0.15) is 0 Å². The summed E-state index contributed by atoms with van der Waals surface area (Å²) in [7, 11) is 0. The van der Waals surface area contributed by atoms with Crippen molar-refractivity contribution in [3.8, 4) is 78.7 Å². The third kappa shape index (κ3) is 6.26. The van der Waals surface area contributed by atoms with Gasteiger partial charge in [0, 0.05) is 27.5 Å². The molecule has 0 aliphatic heterocycles. The average molecular weight is 704 g/mol. The van der Waals surface area contributed by atoms with Crippen molar-refractivity contribution in [3.63, 3.8) is 0 Å². The molecule has 10 rings (SSSR count). The van der Waals surface area contributed by atoms with Gasteiger partial charge in [0.25, 0.3) is 0 Å². The van der Waals surface area contributed by atoms with E-state index in [0.29, 0.717) is 17.5 Å². The molecule has 0 spiro atoms. The number of hydrogen-bond donors (Lipinski definition) is 0. The third-order valence-corrected chi connectivity index (χ3v) is 10.1. The molecule has 0 saturated heterocycles. The molecule has 2 heterocycles. The summed E-state index contributed by atoms with van der Waals surface area (Å²) < 4.78 is 6.47. The number of nitrogens with zero attached hydrogens (tertiary/aromatic N) is 3. The Labute approximate surface area is 319 Å². The van der Waals surface area contributed by atoms with Crippen molar-refractivity contribution in [2.45, 2.75) is 0 Å². The van der Waals surface area contributed by atoms with Crippen LogP contribution in [0.5, 0.6) is 0 Å². The molecule has 0 bridgehead atoms. The van der Waals surface area contributed by atoms with E-state index in [4.69, 9.17) is 19.4 Å². The molecule has 0 aliphatic rings. The van der Waals surface area contributed by atoms with Gasteiger partial charge in [-0.05, 0) is 87.0 Å². The quantitative estimate of drug-likeness (QED) is 0.166. The Bertz CT molecular complexity index is 2840. The molecule has 0 atom stereocenters. The minimum atomic E-state index is 0.598. The molecule has 4 heteroatoms. The van der Waals surface area contributed by atoms with Crippen LogP contribution in [0.15, 0.2) is 205 Å². The van der Waals surface area contributed by atoms with Crippen molar-refractivity contribution in [3.05, 3.63) is 200 Å². The summed E-state index contributed by atoms with van der Waals surface area (Å²) in [5.74, 6) is 1.85. The van der Waals surface area contributed by atoms with E-state index in [9.17, 15) is 0 Å². The van der Waals surface area contributed by atoms with Crippen LogP contribution in [0.25, 0.3) is 101 Å². The highest BCUT2D eigenvalue weighted by molar-refractivity contribution is 6.12. The van der Waals surface area contributed by atoms with Crippen LogP contribution in [-0.2, 0) is 0 Å². The lowest BCUT2D eigenvalue weighted by molar-refractivity contribution is 0.669. The van der Waals surface area contributed by atoms with Crippen molar-refractivity contribution >= 4 is 21.9 Å². The fourth-order valence-corrected chi connectivity index (χ4v) is 7.39. The van der Waals surface area contributed by atoms with Gasteiger partial charge in [-0.15, -0.1) is 0 Å². The Morgan fingerprint density at radius 3 is 1.25 bits per heavy atom. The molecular formula is C51H33N3O. The molecule has 55 heavy (non-hydrogen) atoms. The van der Waals surface area contributed by atoms with Crippen molar-refractivity contribution in [1.29, 1.82) is 0 Å². The van der Waals surface area contributed by atoms with E-state index in [1.807, 2.05) is 72.8 Å². The molecule has 0 amide bonds. The lowest BCUT2D eigenvalue weighted by Gasteiger charge is -2.12. The van der Waals surface area contributed by atoms with Gasteiger partial charge in [0.2, 0.25) is 0 Å². The number of aromatic nitrogens is 3. The lowest BCUT2D eigenvalue weighted by atomic mass is 9.92. The second kappa shape index (κ2) is 13.8. The van der Waals surface area contributed by atoms with Crippen LogP contribution in [0.1, 0.15) is 0 Å². The minimum absolute atomic E-state index is 0.598. The van der Waals surface area contributed by atoms with E-state index >= 15 is 0 Å². The van der Waals surface area contributed by atoms with Crippen LogP contribution in [0.2, 0.25) is 0 Å². The van der Waals surface area contributed by atoms with Gasteiger partial charge in [-0.3, -0.25) is 0 Å². The van der Waals surface area contributed by atoms with Gasteiger partial charge in [-0.25, -0.2) is 15.0 Å². The van der Waals surface area contributed by atoms with Crippen LogP contribution in [-0.4, -0.2) is 15.0 Å². The Morgan fingerprint density at radius 1 is 0.273 bits per heavy atom. The summed E-state index contributed by atoms with van der Waals surface area (Å²) in [6.07, 6.45) is 0. The molecule has 2 aromatic heterocycles. The zero-order valence-corrected chi connectivity index (χ0v) is 29.8.